The Morgan fingerprint density at radius 2 is 1.90 bits per heavy atom. The molecule has 9 nitrogen and oxygen atoms in total. The molecule has 5 rings (SSSR count). The van der Waals surface area contributed by atoms with Crippen molar-refractivity contribution in [2.75, 3.05) is 42.3 Å². The van der Waals surface area contributed by atoms with Crippen molar-refractivity contribution in [2.24, 2.45) is 0 Å². The molecule has 0 atom stereocenters. The number of carbonyl (C=O) groups is 1. The lowest BCUT2D eigenvalue weighted by molar-refractivity contribution is 0.0994. The molecule has 0 spiro atoms. The molecule has 2 N–H and O–H groups in total. The highest BCUT2D eigenvalue weighted by molar-refractivity contribution is 6.13. The van der Waals surface area contributed by atoms with E-state index in [1.807, 2.05) is 47.9 Å². The molecule has 2 aromatic heterocycles. The zero-order valence-electron chi connectivity index (χ0n) is 18.0. The Morgan fingerprint density at radius 3 is 2.71 bits per heavy atom. The Kier molecular flexibility index (Phi) is 4.82. The van der Waals surface area contributed by atoms with Crippen LogP contribution in [-0.2, 0) is 0 Å². The number of fused-ring (bicyclic) bond motifs is 2. The second kappa shape index (κ2) is 7.66. The number of amides is 1. The van der Waals surface area contributed by atoms with Crippen LogP contribution in [0, 0.1) is 6.92 Å². The molecule has 2 aliphatic heterocycles. The topological polar surface area (TPSA) is 91.2 Å². The van der Waals surface area contributed by atoms with Gasteiger partial charge in [-0.3, -0.25) is 9.48 Å². The number of piperidine rings is 1. The van der Waals surface area contributed by atoms with E-state index < -0.39 is 0 Å². The summed E-state index contributed by atoms with van der Waals surface area (Å²) < 4.78 is 2.02. The van der Waals surface area contributed by atoms with Gasteiger partial charge in [-0.15, -0.1) is 0 Å². The molecule has 2 aliphatic rings. The number of benzene rings is 1. The van der Waals surface area contributed by atoms with Crippen LogP contribution in [-0.4, -0.2) is 52.8 Å². The smallest absolute Gasteiger partial charge is 0.260 e. The first-order chi connectivity index (χ1) is 15.0. The fraction of sp³-hybridized carbons (Fsp3) is 0.364. The minimum absolute atomic E-state index is 0.0758. The van der Waals surface area contributed by atoms with Crippen LogP contribution < -0.4 is 20.4 Å². The Hall–Kier alpha value is -3.46. The van der Waals surface area contributed by atoms with Gasteiger partial charge in [0.05, 0.1) is 35.4 Å². The van der Waals surface area contributed by atoms with Gasteiger partial charge in [-0.05, 0) is 50.6 Å². The lowest BCUT2D eigenvalue weighted by atomic mass is 10.1. The first kappa shape index (κ1) is 19.5. The van der Waals surface area contributed by atoms with E-state index in [4.69, 9.17) is 4.98 Å². The summed E-state index contributed by atoms with van der Waals surface area (Å²) >= 11 is 0. The maximum atomic E-state index is 13.0. The van der Waals surface area contributed by atoms with Gasteiger partial charge < -0.3 is 20.4 Å². The van der Waals surface area contributed by atoms with Crippen molar-refractivity contribution in [3.8, 4) is 0 Å². The van der Waals surface area contributed by atoms with Crippen LogP contribution in [0.2, 0.25) is 0 Å². The van der Waals surface area contributed by atoms with Crippen molar-refractivity contribution in [1.29, 1.82) is 0 Å². The van der Waals surface area contributed by atoms with E-state index in [1.165, 1.54) is 0 Å². The second-order valence-electron chi connectivity index (χ2n) is 8.16. The molecule has 0 saturated carbocycles. The minimum atomic E-state index is -0.0758. The maximum absolute atomic E-state index is 13.0. The van der Waals surface area contributed by atoms with E-state index in [-0.39, 0.29) is 5.91 Å². The molecule has 0 aliphatic carbocycles. The summed E-state index contributed by atoms with van der Waals surface area (Å²) in [6.45, 7) is 4.04. The number of rotatable bonds is 3. The fourth-order valence-electron chi connectivity index (χ4n) is 4.22. The van der Waals surface area contributed by atoms with Gasteiger partial charge in [-0.2, -0.15) is 10.1 Å². The van der Waals surface area contributed by atoms with Gasteiger partial charge in [0, 0.05) is 20.3 Å². The second-order valence-corrected chi connectivity index (χ2v) is 8.16. The molecule has 9 heteroatoms. The number of aromatic nitrogens is 4. The minimum Gasteiger partial charge on any atom is -0.327 e. The third-order valence-electron chi connectivity index (χ3n) is 6.02. The van der Waals surface area contributed by atoms with E-state index >= 15 is 0 Å². The van der Waals surface area contributed by atoms with Crippen molar-refractivity contribution >= 4 is 34.7 Å². The van der Waals surface area contributed by atoms with E-state index in [9.17, 15) is 4.79 Å². The molecule has 0 unspecified atom stereocenters. The van der Waals surface area contributed by atoms with Gasteiger partial charge >= 0.3 is 0 Å². The van der Waals surface area contributed by atoms with Crippen LogP contribution >= 0.6 is 0 Å². The van der Waals surface area contributed by atoms with Crippen LogP contribution in [0.5, 0.6) is 0 Å². The monoisotopic (exact) mass is 418 g/mol. The highest BCUT2D eigenvalue weighted by Gasteiger charge is 2.29. The van der Waals surface area contributed by atoms with Crippen molar-refractivity contribution in [2.45, 2.75) is 25.8 Å². The number of hydrogen-bond acceptors (Lipinski definition) is 7. The van der Waals surface area contributed by atoms with Gasteiger partial charge in [0.25, 0.3) is 5.91 Å². The Bertz CT molecular complexity index is 1130. The standard InChI is InChI=1S/C22H26N8O/c1-14-4-5-17-18(10-14)28(2)20-19(29(3)21(17)31)12-24-22(27-20)26-15-11-25-30(13-15)16-6-8-23-9-7-16/h4-5,10-13,16,23H,6-9H2,1-3H3,(H,24,26,27). The molecule has 1 aromatic carbocycles. The fourth-order valence-corrected chi connectivity index (χ4v) is 4.22. The van der Waals surface area contributed by atoms with Crippen molar-refractivity contribution in [3.63, 3.8) is 0 Å². The van der Waals surface area contributed by atoms with E-state index in [0.29, 0.717) is 29.1 Å². The summed E-state index contributed by atoms with van der Waals surface area (Å²) in [5, 5.41) is 11.2. The molecule has 4 heterocycles. The van der Waals surface area contributed by atoms with E-state index in [0.717, 1.165) is 42.9 Å². The molecule has 1 fully saturated rings. The summed E-state index contributed by atoms with van der Waals surface area (Å²) in [6, 6.07) is 6.24. The third-order valence-corrected chi connectivity index (χ3v) is 6.02. The van der Waals surface area contributed by atoms with Gasteiger partial charge in [0.1, 0.15) is 5.69 Å². The molecular formula is C22H26N8O. The summed E-state index contributed by atoms with van der Waals surface area (Å²) in [5.41, 5.74) is 4.07. The Labute approximate surface area is 181 Å². The largest absolute Gasteiger partial charge is 0.327 e. The highest BCUT2D eigenvalue weighted by atomic mass is 16.2. The van der Waals surface area contributed by atoms with Crippen molar-refractivity contribution in [1.82, 2.24) is 25.1 Å². The molecule has 1 amide bonds. The first-order valence-corrected chi connectivity index (χ1v) is 10.5. The molecule has 31 heavy (non-hydrogen) atoms. The van der Waals surface area contributed by atoms with Gasteiger partial charge in [0.15, 0.2) is 5.82 Å². The van der Waals surface area contributed by atoms with E-state index in [2.05, 4.69) is 20.7 Å². The van der Waals surface area contributed by atoms with Crippen LogP contribution in [0.1, 0.15) is 34.8 Å². The van der Waals surface area contributed by atoms with Gasteiger partial charge in [-0.1, -0.05) is 6.07 Å². The lowest BCUT2D eigenvalue weighted by Crippen LogP contribution is -2.29. The first-order valence-electron chi connectivity index (χ1n) is 10.5. The molecule has 1 saturated heterocycles. The average Bonchev–Trinajstić information content (AvgIpc) is 3.24. The quantitative estimate of drug-likeness (QED) is 0.676. The highest BCUT2D eigenvalue weighted by Crippen LogP contribution is 2.38. The molecule has 0 bridgehead atoms. The number of nitrogens with zero attached hydrogens (tertiary/aromatic N) is 6. The molecule has 0 radical (unpaired) electrons. The number of nitrogens with one attached hydrogen (secondary N) is 2. The normalized spacial score (nSPS) is 16.7. The Balaban J connectivity index is 1.46. The summed E-state index contributed by atoms with van der Waals surface area (Å²) in [4.78, 5) is 25.8. The molecule has 3 aromatic rings. The molecule has 160 valence electrons. The predicted octanol–water partition coefficient (Wildman–Crippen LogP) is 3.01. The number of anilines is 5. The zero-order valence-corrected chi connectivity index (χ0v) is 18.0. The lowest BCUT2D eigenvalue weighted by Gasteiger charge is -2.22. The van der Waals surface area contributed by atoms with Gasteiger partial charge in [-0.25, -0.2) is 4.98 Å². The average molecular weight is 419 g/mol. The van der Waals surface area contributed by atoms with Crippen molar-refractivity contribution in [3.05, 3.63) is 47.9 Å². The van der Waals surface area contributed by atoms with Crippen LogP contribution in [0.25, 0.3) is 0 Å². The molecular weight excluding hydrogens is 392 g/mol. The van der Waals surface area contributed by atoms with E-state index in [1.54, 1.807) is 24.3 Å². The van der Waals surface area contributed by atoms with Crippen molar-refractivity contribution < 1.29 is 4.79 Å². The summed E-state index contributed by atoms with van der Waals surface area (Å²) in [6.07, 6.45) is 7.63. The number of aryl methyl sites for hydroxylation is 1. The third kappa shape index (κ3) is 3.50. The Morgan fingerprint density at radius 1 is 1.10 bits per heavy atom. The van der Waals surface area contributed by atoms with Crippen LogP contribution in [0.4, 0.5) is 28.8 Å². The maximum Gasteiger partial charge on any atom is 0.260 e. The van der Waals surface area contributed by atoms with Crippen LogP contribution in [0.3, 0.4) is 0 Å². The van der Waals surface area contributed by atoms with Gasteiger partial charge in [0.2, 0.25) is 5.95 Å². The summed E-state index contributed by atoms with van der Waals surface area (Å²) in [5.74, 6) is 1.06. The number of carbonyl (C=O) groups excluding carboxylic acids is 1. The number of hydrogen-bond donors (Lipinski definition) is 2. The zero-order chi connectivity index (χ0) is 21.5. The SMILES string of the molecule is Cc1ccc2c(c1)N(C)c1nc(Nc3cnn(C4CCNCC4)c3)ncc1N(C)C2=O. The summed E-state index contributed by atoms with van der Waals surface area (Å²) in [7, 11) is 3.68. The predicted molar refractivity (Wildman–Crippen MR) is 121 cm³/mol. The van der Waals surface area contributed by atoms with Crippen LogP contribution in [0.15, 0.2) is 36.8 Å².